The maximum absolute atomic E-state index is 12.4. The summed E-state index contributed by atoms with van der Waals surface area (Å²) >= 11 is 0. The van der Waals surface area contributed by atoms with E-state index in [0.29, 0.717) is 12.1 Å². The van der Waals surface area contributed by atoms with Crippen LogP contribution in [0, 0.1) is 0 Å². The highest BCUT2D eigenvalue weighted by molar-refractivity contribution is 5.69. The number of carbonyl (C=O) groups excluding carboxylic acids is 1. The SMILES string of the molecule is COC(=O)CC(O)C(O)c1ccc(C(F)(F)F)cc1O. The first kappa shape index (κ1) is 16.3. The number of hydrogen-bond donors (Lipinski definition) is 3. The summed E-state index contributed by atoms with van der Waals surface area (Å²) in [5, 5.41) is 28.7. The molecule has 0 aliphatic rings. The van der Waals surface area contributed by atoms with Crippen molar-refractivity contribution >= 4 is 5.97 Å². The molecule has 0 amide bonds. The molecule has 2 unspecified atom stereocenters. The Morgan fingerprint density at radius 2 is 1.95 bits per heavy atom. The van der Waals surface area contributed by atoms with E-state index in [9.17, 15) is 33.3 Å². The smallest absolute Gasteiger partial charge is 0.416 e. The first-order chi connectivity index (χ1) is 9.16. The topological polar surface area (TPSA) is 87.0 Å². The van der Waals surface area contributed by atoms with Gasteiger partial charge in [0.2, 0.25) is 0 Å². The Hall–Kier alpha value is -1.80. The van der Waals surface area contributed by atoms with Gasteiger partial charge in [0.1, 0.15) is 11.9 Å². The van der Waals surface area contributed by atoms with Crippen LogP contribution in [0.5, 0.6) is 5.75 Å². The number of aromatic hydroxyl groups is 1. The van der Waals surface area contributed by atoms with Crippen LogP contribution < -0.4 is 0 Å². The second kappa shape index (κ2) is 6.10. The number of ether oxygens (including phenoxy) is 1. The van der Waals surface area contributed by atoms with Gasteiger partial charge in [0.25, 0.3) is 0 Å². The summed E-state index contributed by atoms with van der Waals surface area (Å²) in [6.45, 7) is 0. The van der Waals surface area contributed by atoms with Gasteiger partial charge >= 0.3 is 12.1 Å². The van der Waals surface area contributed by atoms with E-state index in [4.69, 9.17) is 0 Å². The highest BCUT2D eigenvalue weighted by atomic mass is 19.4. The molecular weight excluding hydrogens is 281 g/mol. The fourth-order valence-electron chi connectivity index (χ4n) is 1.54. The van der Waals surface area contributed by atoms with Gasteiger partial charge in [0.15, 0.2) is 0 Å². The molecule has 0 saturated heterocycles. The van der Waals surface area contributed by atoms with E-state index in [1.54, 1.807) is 0 Å². The monoisotopic (exact) mass is 294 g/mol. The first-order valence-corrected chi connectivity index (χ1v) is 5.50. The highest BCUT2D eigenvalue weighted by Crippen LogP contribution is 2.35. The average Bonchev–Trinajstić information content (AvgIpc) is 2.36. The Morgan fingerprint density at radius 1 is 1.35 bits per heavy atom. The van der Waals surface area contributed by atoms with Gasteiger partial charge in [0, 0.05) is 5.56 Å². The number of phenolic OH excluding ortho intramolecular Hbond substituents is 1. The van der Waals surface area contributed by atoms with Crippen molar-refractivity contribution < 1.29 is 38.0 Å². The second-order valence-corrected chi connectivity index (χ2v) is 4.06. The first-order valence-electron chi connectivity index (χ1n) is 5.50. The van der Waals surface area contributed by atoms with Gasteiger partial charge in [-0.3, -0.25) is 4.79 Å². The van der Waals surface area contributed by atoms with Crippen LogP contribution in [0.3, 0.4) is 0 Å². The molecule has 1 aromatic rings. The minimum absolute atomic E-state index is 0.311. The Balaban J connectivity index is 2.94. The molecule has 0 radical (unpaired) electrons. The molecule has 0 aliphatic heterocycles. The molecule has 0 fully saturated rings. The van der Waals surface area contributed by atoms with Crippen LogP contribution in [0.1, 0.15) is 23.7 Å². The van der Waals surface area contributed by atoms with Crippen molar-refractivity contribution in [2.75, 3.05) is 7.11 Å². The highest BCUT2D eigenvalue weighted by Gasteiger charge is 2.32. The van der Waals surface area contributed by atoms with Gasteiger partial charge in [-0.15, -0.1) is 0 Å². The fourth-order valence-corrected chi connectivity index (χ4v) is 1.54. The average molecular weight is 294 g/mol. The second-order valence-electron chi connectivity index (χ2n) is 4.06. The van der Waals surface area contributed by atoms with E-state index in [2.05, 4.69) is 4.74 Å². The Bertz CT molecular complexity index is 486. The van der Waals surface area contributed by atoms with Gasteiger partial charge in [0.05, 0.1) is 25.2 Å². The van der Waals surface area contributed by atoms with Crippen LogP contribution in [-0.2, 0) is 15.7 Å². The number of halogens is 3. The number of alkyl halides is 3. The summed E-state index contributed by atoms with van der Waals surface area (Å²) in [5.74, 6) is -1.63. The molecule has 8 heteroatoms. The molecule has 0 saturated carbocycles. The van der Waals surface area contributed by atoms with Crippen molar-refractivity contribution in [1.82, 2.24) is 0 Å². The fraction of sp³-hybridized carbons (Fsp3) is 0.417. The van der Waals surface area contributed by atoms with Gasteiger partial charge in [-0.2, -0.15) is 13.2 Å². The quantitative estimate of drug-likeness (QED) is 0.730. The molecule has 1 rings (SSSR count). The van der Waals surface area contributed by atoms with Crippen molar-refractivity contribution in [1.29, 1.82) is 0 Å². The number of rotatable bonds is 4. The van der Waals surface area contributed by atoms with E-state index in [1.807, 2.05) is 0 Å². The minimum Gasteiger partial charge on any atom is -0.508 e. The number of hydrogen-bond acceptors (Lipinski definition) is 5. The number of carbonyl (C=O) groups is 1. The molecule has 3 N–H and O–H groups in total. The molecule has 112 valence electrons. The summed E-state index contributed by atoms with van der Waals surface area (Å²) < 4.78 is 41.5. The minimum atomic E-state index is -4.63. The molecule has 2 atom stereocenters. The number of esters is 1. The van der Waals surface area contributed by atoms with Crippen LogP contribution in [0.25, 0.3) is 0 Å². The van der Waals surface area contributed by atoms with Gasteiger partial charge in [-0.1, -0.05) is 6.07 Å². The Labute approximate surface area is 112 Å². The molecule has 0 bridgehead atoms. The van der Waals surface area contributed by atoms with E-state index >= 15 is 0 Å². The van der Waals surface area contributed by atoms with Crippen molar-refractivity contribution in [3.8, 4) is 5.75 Å². The van der Waals surface area contributed by atoms with E-state index < -0.39 is 42.1 Å². The van der Waals surface area contributed by atoms with Crippen LogP contribution in [0.15, 0.2) is 18.2 Å². The summed E-state index contributed by atoms with van der Waals surface area (Å²) in [4.78, 5) is 10.9. The molecule has 0 aliphatic carbocycles. The van der Waals surface area contributed by atoms with Gasteiger partial charge in [-0.25, -0.2) is 0 Å². The molecule has 5 nitrogen and oxygen atoms in total. The van der Waals surface area contributed by atoms with Gasteiger partial charge < -0.3 is 20.1 Å². The molecular formula is C12H13F3O5. The zero-order chi connectivity index (χ0) is 15.5. The predicted molar refractivity (Wildman–Crippen MR) is 60.7 cm³/mol. The van der Waals surface area contributed by atoms with E-state index in [-0.39, 0.29) is 5.56 Å². The maximum atomic E-state index is 12.4. The third-order valence-corrected chi connectivity index (χ3v) is 2.64. The molecule has 0 heterocycles. The third-order valence-electron chi connectivity index (χ3n) is 2.64. The van der Waals surface area contributed by atoms with Crippen molar-refractivity contribution in [2.24, 2.45) is 0 Å². The van der Waals surface area contributed by atoms with Crippen molar-refractivity contribution in [3.05, 3.63) is 29.3 Å². The van der Waals surface area contributed by atoms with Crippen LogP contribution in [-0.4, -0.2) is 34.5 Å². The van der Waals surface area contributed by atoms with Crippen molar-refractivity contribution in [2.45, 2.75) is 24.8 Å². The predicted octanol–water partition coefficient (Wildman–Crippen LogP) is 1.37. The largest absolute Gasteiger partial charge is 0.508 e. The number of methoxy groups -OCH3 is 1. The number of aliphatic hydroxyl groups is 2. The lowest BCUT2D eigenvalue weighted by Crippen LogP contribution is -2.22. The Morgan fingerprint density at radius 3 is 2.40 bits per heavy atom. The zero-order valence-corrected chi connectivity index (χ0v) is 10.4. The molecule has 20 heavy (non-hydrogen) atoms. The third kappa shape index (κ3) is 3.84. The zero-order valence-electron chi connectivity index (χ0n) is 10.4. The lowest BCUT2D eigenvalue weighted by Gasteiger charge is -2.19. The van der Waals surface area contributed by atoms with Crippen LogP contribution >= 0.6 is 0 Å². The number of benzene rings is 1. The van der Waals surface area contributed by atoms with E-state index in [1.165, 1.54) is 0 Å². The maximum Gasteiger partial charge on any atom is 0.416 e. The number of phenols is 1. The molecule has 1 aromatic carbocycles. The van der Waals surface area contributed by atoms with Gasteiger partial charge in [-0.05, 0) is 12.1 Å². The molecule has 0 spiro atoms. The van der Waals surface area contributed by atoms with E-state index in [0.717, 1.165) is 13.2 Å². The lowest BCUT2D eigenvalue weighted by molar-refractivity contribution is -0.144. The molecule has 0 aromatic heterocycles. The summed E-state index contributed by atoms with van der Waals surface area (Å²) in [7, 11) is 1.08. The van der Waals surface area contributed by atoms with Crippen molar-refractivity contribution in [3.63, 3.8) is 0 Å². The normalized spacial score (nSPS) is 14.7. The van der Waals surface area contributed by atoms with Crippen LogP contribution in [0.4, 0.5) is 13.2 Å². The van der Waals surface area contributed by atoms with Crippen LogP contribution in [0.2, 0.25) is 0 Å². The lowest BCUT2D eigenvalue weighted by atomic mass is 9.99. The summed E-state index contributed by atoms with van der Waals surface area (Å²) in [6.07, 6.45) is -8.51. The summed E-state index contributed by atoms with van der Waals surface area (Å²) in [5.41, 5.74) is -1.40. The Kier molecular flexibility index (Phi) is 4.96. The standard InChI is InChI=1S/C12H13F3O5/c1-20-10(18)5-9(17)11(19)7-3-2-6(4-8(7)16)12(13,14)15/h2-4,9,11,16-17,19H,5H2,1H3. The number of aliphatic hydroxyl groups excluding tert-OH is 2. The summed E-state index contributed by atoms with van der Waals surface area (Å²) in [6, 6.07) is 1.93.